The van der Waals surface area contributed by atoms with E-state index < -0.39 is 0 Å². The van der Waals surface area contributed by atoms with E-state index in [2.05, 4.69) is 46.8 Å². The monoisotopic (exact) mass is 403 g/mol. The summed E-state index contributed by atoms with van der Waals surface area (Å²) in [6, 6.07) is 9.05. The van der Waals surface area contributed by atoms with Gasteiger partial charge in [0.05, 0.1) is 17.8 Å². The molecule has 1 aromatic carbocycles. The van der Waals surface area contributed by atoms with Gasteiger partial charge in [-0.1, -0.05) is 35.0 Å². The Kier molecular flexibility index (Phi) is 6.73. The van der Waals surface area contributed by atoms with Gasteiger partial charge >= 0.3 is 0 Å². The van der Waals surface area contributed by atoms with Crippen molar-refractivity contribution in [1.29, 1.82) is 0 Å². The van der Waals surface area contributed by atoms with Crippen molar-refractivity contribution >= 4 is 18.3 Å². The van der Waals surface area contributed by atoms with Gasteiger partial charge in [-0.3, -0.25) is 4.79 Å². The van der Waals surface area contributed by atoms with Gasteiger partial charge in [-0.05, 0) is 64.6 Å². The number of rotatable bonds is 3. The predicted molar refractivity (Wildman–Crippen MR) is 112 cm³/mol. The van der Waals surface area contributed by atoms with Crippen LogP contribution in [0.1, 0.15) is 71.5 Å². The van der Waals surface area contributed by atoms with Crippen LogP contribution in [0.4, 0.5) is 0 Å². The van der Waals surface area contributed by atoms with E-state index >= 15 is 0 Å². The molecule has 0 saturated carbocycles. The van der Waals surface area contributed by atoms with Crippen LogP contribution < -0.4 is 5.32 Å². The molecule has 2 fully saturated rings. The normalized spacial score (nSPS) is 20.6. The number of carbonyl (C=O) groups is 1. The van der Waals surface area contributed by atoms with Crippen LogP contribution in [0.25, 0.3) is 0 Å². The van der Waals surface area contributed by atoms with Crippen molar-refractivity contribution in [3.63, 3.8) is 0 Å². The van der Waals surface area contributed by atoms with E-state index in [1.54, 1.807) is 0 Å². The second kappa shape index (κ2) is 9.05. The fourth-order valence-corrected chi connectivity index (χ4v) is 4.38. The Balaban J connectivity index is 0.00000225. The van der Waals surface area contributed by atoms with E-state index in [1.807, 2.05) is 16.5 Å². The molecule has 2 aliphatic rings. The molecule has 2 saturated heterocycles. The van der Waals surface area contributed by atoms with Crippen molar-refractivity contribution in [1.82, 2.24) is 25.2 Å². The molecular formula is C21H30ClN5O. The number of likely N-dealkylation sites (tertiary alicyclic amines) is 1. The van der Waals surface area contributed by atoms with E-state index in [4.69, 9.17) is 0 Å². The molecule has 1 amide bonds. The number of amides is 1. The first-order chi connectivity index (χ1) is 13.1. The number of aryl methyl sites for hydroxylation is 1. The van der Waals surface area contributed by atoms with Crippen LogP contribution in [0.3, 0.4) is 0 Å². The first-order valence-corrected chi connectivity index (χ1v) is 10.1. The molecule has 2 aromatic rings. The lowest BCUT2D eigenvalue weighted by Gasteiger charge is -2.36. The molecule has 0 aliphatic carbocycles. The smallest absolute Gasteiger partial charge is 0.276 e. The second-order valence-corrected chi connectivity index (χ2v) is 7.87. The topological polar surface area (TPSA) is 63.1 Å². The number of hydrogen-bond acceptors (Lipinski definition) is 4. The summed E-state index contributed by atoms with van der Waals surface area (Å²) >= 11 is 0. The lowest BCUT2D eigenvalue weighted by atomic mass is 9.94. The van der Waals surface area contributed by atoms with Crippen LogP contribution in [-0.2, 0) is 0 Å². The van der Waals surface area contributed by atoms with E-state index in [1.165, 1.54) is 11.1 Å². The van der Waals surface area contributed by atoms with E-state index in [0.29, 0.717) is 11.7 Å². The third kappa shape index (κ3) is 4.08. The summed E-state index contributed by atoms with van der Waals surface area (Å²) in [4.78, 5) is 15.4. The summed E-state index contributed by atoms with van der Waals surface area (Å²) in [5, 5.41) is 12.0. The quantitative estimate of drug-likeness (QED) is 0.850. The van der Waals surface area contributed by atoms with Crippen LogP contribution in [0.5, 0.6) is 0 Å². The summed E-state index contributed by atoms with van der Waals surface area (Å²) in [5.74, 6) is 0.0259. The van der Waals surface area contributed by atoms with Gasteiger partial charge in [0, 0.05) is 6.54 Å². The molecular weight excluding hydrogens is 374 g/mol. The fourth-order valence-electron chi connectivity index (χ4n) is 4.38. The molecule has 3 heterocycles. The number of piperidine rings is 2. The highest BCUT2D eigenvalue weighted by atomic mass is 35.5. The zero-order valence-electron chi connectivity index (χ0n) is 16.7. The van der Waals surface area contributed by atoms with Crippen molar-refractivity contribution in [2.75, 3.05) is 19.6 Å². The van der Waals surface area contributed by atoms with E-state index in [-0.39, 0.29) is 24.4 Å². The molecule has 1 unspecified atom stereocenters. The summed E-state index contributed by atoms with van der Waals surface area (Å²) in [6.45, 7) is 6.86. The summed E-state index contributed by atoms with van der Waals surface area (Å²) < 4.78 is 1.97. The number of aromatic nitrogens is 3. The van der Waals surface area contributed by atoms with Crippen molar-refractivity contribution in [2.24, 2.45) is 0 Å². The fraction of sp³-hybridized carbons (Fsp3) is 0.571. The summed E-state index contributed by atoms with van der Waals surface area (Å²) in [5.41, 5.74) is 3.89. The van der Waals surface area contributed by atoms with Gasteiger partial charge in [0.25, 0.3) is 5.91 Å². The second-order valence-electron chi connectivity index (χ2n) is 7.87. The van der Waals surface area contributed by atoms with E-state index in [9.17, 15) is 4.79 Å². The minimum atomic E-state index is 0. The molecule has 6 nitrogen and oxygen atoms in total. The maximum absolute atomic E-state index is 13.4. The maximum Gasteiger partial charge on any atom is 0.276 e. The van der Waals surface area contributed by atoms with Crippen LogP contribution >= 0.6 is 12.4 Å². The maximum atomic E-state index is 13.4. The van der Waals surface area contributed by atoms with Gasteiger partial charge in [-0.25, -0.2) is 4.68 Å². The van der Waals surface area contributed by atoms with Gasteiger partial charge in [-0.2, -0.15) is 0 Å². The van der Waals surface area contributed by atoms with Crippen LogP contribution in [0.2, 0.25) is 0 Å². The largest absolute Gasteiger partial charge is 0.330 e. The van der Waals surface area contributed by atoms with Gasteiger partial charge in [0.2, 0.25) is 0 Å². The lowest BCUT2D eigenvalue weighted by molar-refractivity contribution is 0.0604. The Labute approximate surface area is 173 Å². The number of halogens is 1. The molecule has 1 N–H and O–H groups in total. The van der Waals surface area contributed by atoms with Crippen LogP contribution in [0.15, 0.2) is 24.3 Å². The zero-order valence-corrected chi connectivity index (χ0v) is 17.5. The summed E-state index contributed by atoms with van der Waals surface area (Å²) in [7, 11) is 0. The predicted octanol–water partition coefficient (Wildman–Crippen LogP) is 3.61. The van der Waals surface area contributed by atoms with Crippen molar-refractivity contribution in [3.8, 4) is 0 Å². The average Bonchev–Trinajstić information content (AvgIpc) is 3.10. The Morgan fingerprint density at radius 1 is 1.07 bits per heavy atom. The SMILES string of the molecule is Cc1ccc(C2CCCCN2C(=O)c2nnn(C3CCNCC3)c2C)cc1.Cl. The Bertz CT molecular complexity index is 798. The number of hydrogen-bond donors (Lipinski definition) is 1. The zero-order chi connectivity index (χ0) is 18.8. The van der Waals surface area contributed by atoms with Crippen LogP contribution in [-0.4, -0.2) is 45.4 Å². The Morgan fingerprint density at radius 3 is 2.50 bits per heavy atom. The van der Waals surface area contributed by atoms with Crippen LogP contribution in [0, 0.1) is 13.8 Å². The van der Waals surface area contributed by atoms with Gasteiger partial charge in [0.15, 0.2) is 5.69 Å². The first-order valence-electron chi connectivity index (χ1n) is 10.1. The minimum Gasteiger partial charge on any atom is -0.330 e. The number of carbonyl (C=O) groups excluding carboxylic acids is 1. The molecule has 0 radical (unpaired) electrons. The highest BCUT2D eigenvalue weighted by Crippen LogP contribution is 2.32. The van der Waals surface area contributed by atoms with Gasteiger partial charge < -0.3 is 10.2 Å². The number of nitrogens with zero attached hydrogens (tertiary/aromatic N) is 4. The molecule has 0 bridgehead atoms. The molecule has 28 heavy (non-hydrogen) atoms. The third-order valence-corrected chi connectivity index (χ3v) is 6.01. The van der Waals surface area contributed by atoms with Gasteiger partial charge in [-0.15, -0.1) is 17.5 Å². The molecule has 1 aromatic heterocycles. The molecule has 0 spiro atoms. The van der Waals surface area contributed by atoms with Crippen molar-refractivity contribution in [2.45, 2.75) is 58.0 Å². The highest BCUT2D eigenvalue weighted by molar-refractivity contribution is 5.93. The standard InChI is InChI=1S/C21H29N5O.ClH/c1-15-6-8-17(9-7-15)19-5-3-4-14-25(19)21(27)20-16(2)26(24-23-20)18-10-12-22-13-11-18;/h6-9,18-19,22H,3-5,10-14H2,1-2H3;1H. The molecule has 7 heteroatoms. The van der Waals surface area contributed by atoms with Gasteiger partial charge in [0.1, 0.15) is 0 Å². The van der Waals surface area contributed by atoms with Crippen molar-refractivity contribution in [3.05, 3.63) is 46.8 Å². The Morgan fingerprint density at radius 2 is 1.79 bits per heavy atom. The van der Waals surface area contributed by atoms with E-state index in [0.717, 1.165) is 57.4 Å². The van der Waals surface area contributed by atoms with Crippen molar-refractivity contribution < 1.29 is 4.79 Å². The number of benzene rings is 1. The molecule has 4 rings (SSSR count). The molecule has 2 aliphatic heterocycles. The minimum absolute atomic E-state index is 0. The lowest BCUT2D eigenvalue weighted by Crippen LogP contribution is -2.39. The Hall–Kier alpha value is -1.92. The third-order valence-electron chi connectivity index (χ3n) is 6.01. The first kappa shape index (κ1) is 20.8. The number of nitrogens with one attached hydrogen (secondary N) is 1. The molecule has 1 atom stereocenters. The highest BCUT2D eigenvalue weighted by Gasteiger charge is 2.32. The average molecular weight is 404 g/mol. The summed E-state index contributed by atoms with van der Waals surface area (Å²) in [6.07, 6.45) is 5.29. The molecule has 152 valence electrons.